The van der Waals surface area contributed by atoms with Crippen molar-refractivity contribution in [1.29, 1.82) is 0 Å². The summed E-state index contributed by atoms with van der Waals surface area (Å²) >= 11 is 0. The SMILES string of the molecule is CCOC(=O)CC1(P(C)C(C)(C)C)C=CCC=C1. The Morgan fingerprint density at radius 3 is 2.33 bits per heavy atom. The molecule has 1 aliphatic carbocycles. The van der Waals surface area contributed by atoms with Crippen LogP contribution in [0.4, 0.5) is 0 Å². The van der Waals surface area contributed by atoms with Gasteiger partial charge in [0.05, 0.1) is 13.0 Å². The summed E-state index contributed by atoms with van der Waals surface area (Å²) in [5.74, 6) is -0.0905. The zero-order valence-electron chi connectivity index (χ0n) is 12.2. The number of allylic oxidation sites excluding steroid dienone is 4. The van der Waals surface area contributed by atoms with Crippen molar-refractivity contribution >= 4 is 13.9 Å². The third-order valence-corrected chi connectivity index (χ3v) is 7.17. The molecule has 0 heterocycles. The highest BCUT2D eigenvalue weighted by molar-refractivity contribution is 7.60. The maximum absolute atomic E-state index is 11.9. The molecular weight excluding hydrogens is 243 g/mol. The molecule has 0 aromatic heterocycles. The fourth-order valence-electron chi connectivity index (χ4n) is 2.21. The maximum Gasteiger partial charge on any atom is 0.307 e. The van der Waals surface area contributed by atoms with E-state index in [1.54, 1.807) is 0 Å². The van der Waals surface area contributed by atoms with Crippen LogP contribution in [0.15, 0.2) is 24.3 Å². The van der Waals surface area contributed by atoms with E-state index >= 15 is 0 Å². The van der Waals surface area contributed by atoms with Crippen molar-refractivity contribution < 1.29 is 9.53 Å². The smallest absolute Gasteiger partial charge is 0.307 e. The second-order valence-electron chi connectivity index (χ2n) is 5.74. The summed E-state index contributed by atoms with van der Waals surface area (Å²) in [5, 5.41) is 0.0892. The second-order valence-corrected chi connectivity index (χ2v) is 9.04. The minimum atomic E-state index is -0.342. The molecule has 0 spiro atoms. The number of hydrogen-bond acceptors (Lipinski definition) is 2. The molecule has 1 unspecified atom stereocenters. The van der Waals surface area contributed by atoms with Gasteiger partial charge >= 0.3 is 5.97 Å². The summed E-state index contributed by atoms with van der Waals surface area (Å²) in [7, 11) is -0.342. The van der Waals surface area contributed by atoms with Crippen molar-refractivity contribution in [1.82, 2.24) is 0 Å². The van der Waals surface area contributed by atoms with E-state index in [0.29, 0.717) is 13.0 Å². The van der Waals surface area contributed by atoms with Gasteiger partial charge in [-0.3, -0.25) is 4.79 Å². The molecular formula is C15H25O2P. The lowest BCUT2D eigenvalue weighted by atomic mass is 9.98. The van der Waals surface area contributed by atoms with Crippen molar-refractivity contribution in [3.63, 3.8) is 0 Å². The molecule has 1 rings (SSSR count). The molecule has 0 fully saturated rings. The van der Waals surface area contributed by atoms with E-state index in [1.165, 1.54) is 0 Å². The number of esters is 1. The average molecular weight is 268 g/mol. The molecule has 1 atom stereocenters. The fourth-order valence-corrected chi connectivity index (χ4v) is 4.48. The van der Waals surface area contributed by atoms with E-state index in [4.69, 9.17) is 4.74 Å². The predicted octanol–water partition coefficient (Wildman–Crippen LogP) is 4.10. The van der Waals surface area contributed by atoms with Crippen LogP contribution in [0.25, 0.3) is 0 Å². The molecule has 18 heavy (non-hydrogen) atoms. The zero-order chi connectivity index (χ0) is 13.8. The van der Waals surface area contributed by atoms with Crippen LogP contribution < -0.4 is 0 Å². The van der Waals surface area contributed by atoms with Gasteiger partial charge in [0.25, 0.3) is 0 Å². The Morgan fingerprint density at radius 2 is 1.89 bits per heavy atom. The Hall–Kier alpha value is -0.620. The molecule has 0 radical (unpaired) electrons. The van der Waals surface area contributed by atoms with Crippen molar-refractivity contribution in [2.75, 3.05) is 13.3 Å². The third kappa shape index (κ3) is 3.68. The summed E-state index contributed by atoms with van der Waals surface area (Å²) < 4.78 is 5.14. The van der Waals surface area contributed by atoms with Crippen molar-refractivity contribution in [3.05, 3.63) is 24.3 Å². The van der Waals surface area contributed by atoms with Crippen LogP contribution in [-0.2, 0) is 9.53 Å². The van der Waals surface area contributed by atoms with Gasteiger partial charge in [0.1, 0.15) is 0 Å². The van der Waals surface area contributed by atoms with Crippen LogP contribution in [-0.4, -0.2) is 29.6 Å². The summed E-state index contributed by atoms with van der Waals surface area (Å²) in [6.45, 7) is 11.4. The van der Waals surface area contributed by atoms with Gasteiger partial charge in [-0.25, -0.2) is 0 Å². The molecule has 0 aliphatic heterocycles. The first-order chi connectivity index (χ1) is 8.32. The lowest BCUT2D eigenvalue weighted by molar-refractivity contribution is -0.143. The van der Waals surface area contributed by atoms with Crippen LogP contribution in [0.2, 0.25) is 0 Å². The normalized spacial score (nSPS) is 19.6. The number of ether oxygens (including phenoxy) is 1. The topological polar surface area (TPSA) is 26.3 Å². The first-order valence-corrected chi connectivity index (χ1v) is 8.35. The Balaban J connectivity index is 2.96. The van der Waals surface area contributed by atoms with E-state index in [9.17, 15) is 4.79 Å². The Labute approximate surface area is 112 Å². The molecule has 102 valence electrons. The van der Waals surface area contributed by atoms with E-state index in [2.05, 4.69) is 51.7 Å². The Bertz CT molecular complexity index is 338. The Kier molecular flexibility index (Phi) is 5.16. The molecule has 0 amide bonds. The van der Waals surface area contributed by atoms with Crippen molar-refractivity contribution in [2.45, 2.75) is 50.8 Å². The van der Waals surface area contributed by atoms with Gasteiger partial charge in [-0.2, -0.15) is 0 Å². The van der Waals surface area contributed by atoms with E-state index in [0.717, 1.165) is 6.42 Å². The van der Waals surface area contributed by atoms with Crippen molar-refractivity contribution in [3.8, 4) is 0 Å². The number of carbonyl (C=O) groups is 1. The van der Waals surface area contributed by atoms with E-state index in [1.807, 2.05) is 6.92 Å². The van der Waals surface area contributed by atoms with Gasteiger partial charge in [-0.05, 0) is 25.2 Å². The van der Waals surface area contributed by atoms with Crippen LogP contribution in [0, 0.1) is 0 Å². The molecule has 2 nitrogen and oxygen atoms in total. The average Bonchev–Trinajstić information content (AvgIpc) is 2.28. The van der Waals surface area contributed by atoms with E-state index in [-0.39, 0.29) is 24.2 Å². The first kappa shape index (κ1) is 15.4. The number of hydrogen-bond donors (Lipinski definition) is 0. The van der Waals surface area contributed by atoms with Gasteiger partial charge in [-0.1, -0.05) is 53.0 Å². The number of carbonyl (C=O) groups excluding carboxylic acids is 1. The summed E-state index contributed by atoms with van der Waals surface area (Å²) in [4.78, 5) is 11.9. The quantitative estimate of drug-likeness (QED) is 0.436. The summed E-state index contributed by atoms with van der Waals surface area (Å²) in [6, 6.07) is 0. The van der Waals surface area contributed by atoms with Gasteiger partial charge in [0.2, 0.25) is 0 Å². The molecule has 0 saturated carbocycles. The van der Waals surface area contributed by atoms with Crippen molar-refractivity contribution in [2.24, 2.45) is 0 Å². The molecule has 0 aromatic rings. The first-order valence-electron chi connectivity index (χ1n) is 6.57. The minimum Gasteiger partial charge on any atom is -0.466 e. The van der Waals surface area contributed by atoms with Gasteiger partial charge in [0.15, 0.2) is 0 Å². The maximum atomic E-state index is 11.9. The molecule has 0 N–H and O–H groups in total. The van der Waals surface area contributed by atoms with E-state index < -0.39 is 0 Å². The summed E-state index contributed by atoms with van der Waals surface area (Å²) in [5.41, 5.74) is 0. The largest absolute Gasteiger partial charge is 0.466 e. The minimum absolute atomic E-state index is 0.0905. The Morgan fingerprint density at radius 1 is 1.33 bits per heavy atom. The molecule has 0 saturated heterocycles. The van der Waals surface area contributed by atoms with Crippen LogP contribution in [0.3, 0.4) is 0 Å². The van der Waals surface area contributed by atoms with Gasteiger partial charge in [0, 0.05) is 5.16 Å². The standard InChI is InChI=1S/C15H25O2P/c1-6-17-13(16)12-15(10-8-7-9-11-15)18(5)14(2,3)4/h8-11H,6-7,12H2,1-5H3. The number of rotatable bonds is 4. The highest BCUT2D eigenvalue weighted by Crippen LogP contribution is 2.60. The monoisotopic (exact) mass is 268 g/mol. The zero-order valence-corrected chi connectivity index (χ0v) is 13.1. The van der Waals surface area contributed by atoms with Gasteiger partial charge in [-0.15, -0.1) is 0 Å². The van der Waals surface area contributed by atoms with Crippen LogP contribution in [0.5, 0.6) is 0 Å². The van der Waals surface area contributed by atoms with Crippen LogP contribution in [0.1, 0.15) is 40.5 Å². The molecule has 0 aromatic carbocycles. The third-order valence-electron chi connectivity index (χ3n) is 3.45. The highest BCUT2D eigenvalue weighted by Gasteiger charge is 2.40. The molecule has 0 bridgehead atoms. The van der Waals surface area contributed by atoms with Gasteiger partial charge < -0.3 is 4.74 Å². The molecule has 3 heteroatoms. The summed E-state index contributed by atoms with van der Waals surface area (Å²) in [6.07, 6.45) is 10.2. The van der Waals surface area contributed by atoms with Crippen LogP contribution >= 0.6 is 7.92 Å². The lowest BCUT2D eigenvalue weighted by Gasteiger charge is -2.42. The molecule has 1 aliphatic rings. The fraction of sp³-hybridized carbons (Fsp3) is 0.667. The highest BCUT2D eigenvalue weighted by atomic mass is 31.1. The lowest BCUT2D eigenvalue weighted by Crippen LogP contribution is -2.33. The predicted molar refractivity (Wildman–Crippen MR) is 79.5 cm³/mol. The second kappa shape index (κ2) is 6.02.